The lowest BCUT2D eigenvalue weighted by molar-refractivity contribution is -0.137. The predicted octanol–water partition coefficient (Wildman–Crippen LogP) is 3.52. The van der Waals surface area contributed by atoms with Crippen LogP contribution < -0.4 is 5.73 Å². The number of hydrogen-bond acceptors (Lipinski definition) is 1. The number of alkyl halides is 3. The first-order chi connectivity index (χ1) is 7.89. The van der Waals surface area contributed by atoms with Crippen LogP contribution in [-0.4, -0.2) is 5.54 Å². The fourth-order valence-electron chi connectivity index (χ4n) is 2.18. The Morgan fingerprint density at radius 2 is 1.94 bits per heavy atom. The molecular weight excluding hydrogens is 227 g/mol. The summed E-state index contributed by atoms with van der Waals surface area (Å²) in [5.74, 6) is 0. The molecule has 0 saturated heterocycles. The zero-order valence-electron chi connectivity index (χ0n) is 9.56. The second kappa shape index (κ2) is 4.33. The average Bonchev–Trinajstić information content (AvgIpc) is 2.23. The van der Waals surface area contributed by atoms with E-state index in [2.05, 4.69) is 0 Å². The molecule has 0 unspecified atom stereocenters. The molecule has 4 heteroatoms. The van der Waals surface area contributed by atoms with Crippen LogP contribution in [0, 0.1) is 0 Å². The van der Waals surface area contributed by atoms with E-state index in [0.29, 0.717) is 6.42 Å². The summed E-state index contributed by atoms with van der Waals surface area (Å²) < 4.78 is 37.5. The maximum absolute atomic E-state index is 12.5. The molecule has 0 heterocycles. The highest BCUT2D eigenvalue weighted by molar-refractivity contribution is 5.26. The molecule has 1 nitrogen and oxygen atoms in total. The van der Waals surface area contributed by atoms with Crippen LogP contribution in [0.25, 0.3) is 0 Å². The molecule has 2 rings (SSSR count). The van der Waals surface area contributed by atoms with E-state index < -0.39 is 11.7 Å². The van der Waals surface area contributed by atoms with Crippen LogP contribution in [0.3, 0.4) is 0 Å². The largest absolute Gasteiger partial charge is 0.416 e. The highest BCUT2D eigenvalue weighted by Gasteiger charge is 2.33. The van der Waals surface area contributed by atoms with Gasteiger partial charge in [-0.3, -0.25) is 0 Å². The summed E-state index contributed by atoms with van der Waals surface area (Å²) in [6.07, 6.45) is 0.263. The number of rotatable bonds is 3. The third-order valence-corrected chi connectivity index (χ3v) is 3.52. The van der Waals surface area contributed by atoms with Crippen molar-refractivity contribution in [2.75, 3.05) is 0 Å². The van der Waals surface area contributed by atoms with Crippen LogP contribution in [0.5, 0.6) is 0 Å². The number of nitrogens with two attached hydrogens (primary N) is 1. The van der Waals surface area contributed by atoms with Gasteiger partial charge < -0.3 is 5.73 Å². The van der Waals surface area contributed by atoms with E-state index in [9.17, 15) is 13.2 Å². The SMILES string of the molecule is NC1(CCc2cccc(C(F)(F)F)c2)CCC1. The summed E-state index contributed by atoms with van der Waals surface area (Å²) in [5, 5.41) is 0. The van der Waals surface area contributed by atoms with Crippen molar-refractivity contribution < 1.29 is 13.2 Å². The molecule has 2 N–H and O–H groups in total. The molecule has 1 aliphatic carbocycles. The summed E-state index contributed by atoms with van der Waals surface area (Å²) in [7, 11) is 0. The molecule has 1 aliphatic rings. The predicted molar refractivity (Wildman–Crippen MR) is 60.5 cm³/mol. The Hall–Kier alpha value is -1.03. The maximum Gasteiger partial charge on any atom is 0.416 e. The quantitative estimate of drug-likeness (QED) is 0.863. The van der Waals surface area contributed by atoms with Gasteiger partial charge in [-0.25, -0.2) is 0 Å². The zero-order chi connectivity index (χ0) is 12.5. The van der Waals surface area contributed by atoms with Gasteiger partial charge in [0.2, 0.25) is 0 Å². The van der Waals surface area contributed by atoms with Crippen LogP contribution in [0.2, 0.25) is 0 Å². The van der Waals surface area contributed by atoms with Crippen molar-refractivity contribution in [1.29, 1.82) is 0 Å². The van der Waals surface area contributed by atoms with Crippen molar-refractivity contribution in [2.24, 2.45) is 5.73 Å². The fraction of sp³-hybridized carbons (Fsp3) is 0.538. The van der Waals surface area contributed by atoms with Gasteiger partial charge in [-0.2, -0.15) is 13.2 Å². The molecule has 0 aliphatic heterocycles. The van der Waals surface area contributed by atoms with Gasteiger partial charge in [-0.1, -0.05) is 18.2 Å². The van der Waals surface area contributed by atoms with E-state index >= 15 is 0 Å². The molecule has 1 aromatic carbocycles. The molecule has 0 spiro atoms. The molecule has 0 radical (unpaired) electrons. The molecule has 0 amide bonds. The van der Waals surface area contributed by atoms with Crippen LogP contribution in [0.15, 0.2) is 24.3 Å². The lowest BCUT2D eigenvalue weighted by atomic mass is 9.74. The van der Waals surface area contributed by atoms with Crippen molar-refractivity contribution in [3.63, 3.8) is 0 Å². The second-order valence-electron chi connectivity index (χ2n) is 4.91. The standard InChI is InChI=1S/C13H16F3N/c14-13(15,16)11-4-1-3-10(9-11)5-8-12(17)6-2-7-12/h1,3-4,9H,2,5-8,17H2. The van der Waals surface area contributed by atoms with E-state index in [1.165, 1.54) is 12.1 Å². The van der Waals surface area contributed by atoms with Gasteiger partial charge >= 0.3 is 6.18 Å². The van der Waals surface area contributed by atoms with Gasteiger partial charge in [-0.05, 0) is 43.7 Å². The molecule has 94 valence electrons. The van der Waals surface area contributed by atoms with Crippen LogP contribution in [0.1, 0.15) is 36.8 Å². The molecule has 1 saturated carbocycles. The summed E-state index contributed by atoms with van der Waals surface area (Å²) in [4.78, 5) is 0. The van der Waals surface area contributed by atoms with Gasteiger partial charge in [0.1, 0.15) is 0 Å². The van der Waals surface area contributed by atoms with Crippen molar-refractivity contribution in [1.82, 2.24) is 0 Å². The van der Waals surface area contributed by atoms with Gasteiger partial charge in [0, 0.05) is 5.54 Å². The number of aryl methyl sites for hydroxylation is 1. The zero-order valence-corrected chi connectivity index (χ0v) is 9.56. The summed E-state index contributed by atoms with van der Waals surface area (Å²) in [6.45, 7) is 0. The summed E-state index contributed by atoms with van der Waals surface area (Å²) >= 11 is 0. The van der Waals surface area contributed by atoms with E-state index in [4.69, 9.17) is 5.73 Å². The average molecular weight is 243 g/mol. The topological polar surface area (TPSA) is 26.0 Å². The van der Waals surface area contributed by atoms with Crippen molar-refractivity contribution in [3.8, 4) is 0 Å². The van der Waals surface area contributed by atoms with E-state index in [1.54, 1.807) is 6.07 Å². The molecule has 1 aromatic rings. The molecule has 17 heavy (non-hydrogen) atoms. The van der Waals surface area contributed by atoms with E-state index in [1.807, 2.05) is 0 Å². The molecule has 1 fully saturated rings. The van der Waals surface area contributed by atoms with Crippen LogP contribution in [-0.2, 0) is 12.6 Å². The first-order valence-corrected chi connectivity index (χ1v) is 5.84. The lowest BCUT2D eigenvalue weighted by Gasteiger charge is -2.38. The van der Waals surface area contributed by atoms with E-state index in [-0.39, 0.29) is 5.54 Å². The second-order valence-corrected chi connectivity index (χ2v) is 4.91. The van der Waals surface area contributed by atoms with E-state index in [0.717, 1.165) is 37.3 Å². The number of halogens is 3. The van der Waals surface area contributed by atoms with Crippen LogP contribution >= 0.6 is 0 Å². The lowest BCUT2D eigenvalue weighted by Crippen LogP contribution is -2.46. The summed E-state index contributed by atoms with van der Waals surface area (Å²) in [5.41, 5.74) is 6.07. The van der Waals surface area contributed by atoms with Gasteiger partial charge in [0.05, 0.1) is 5.56 Å². The maximum atomic E-state index is 12.5. The monoisotopic (exact) mass is 243 g/mol. The Bertz CT molecular complexity index is 394. The Labute approximate surface area is 98.8 Å². The molecule has 0 atom stereocenters. The number of hydrogen-bond donors (Lipinski definition) is 1. The Morgan fingerprint density at radius 1 is 1.24 bits per heavy atom. The van der Waals surface area contributed by atoms with Gasteiger partial charge in [-0.15, -0.1) is 0 Å². The Balaban J connectivity index is 2.01. The highest BCUT2D eigenvalue weighted by atomic mass is 19.4. The summed E-state index contributed by atoms with van der Waals surface area (Å²) in [6, 6.07) is 5.52. The highest BCUT2D eigenvalue weighted by Crippen LogP contribution is 2.34. The first kappa shape index (κ1) is 12.4. The minimum atomic E-state index is -4.26. The Morgan fingerprint density at radius 3 is 2.47 bits per heavy atom. The minimum Gasteiger partial charge on any atom is -0.325 e. The minimum absolute atomic E-state index is 0.131. The third kappa shape index (κ3) is 3.00. The number of benzene rings is 1. The smallest absolute Gasteiger partial charge is 0.325 e. The van der Waals surface area contributed by atoms with Gasteiger partial charge in [0.15, 0.2) is 0 Å². The van der Waals surface area contributed by atoms with Crippen molar-refractivity contribution >= 4 is 0 Å². The third-order valence-electron chi connectivity index (χ3n) is 3.52. The van der Waals surface area contributed by atoms with Crippen molar-refractivity contribution in [2.45, 2.75) is 43.8 Å². The molecular formula is C13H16F3N. The first-order valence-electron chi connectivity index (χ1n) is 5.84. The molecule has 0 bridgehead atoms. The Kier molecular flexibility index (Phi) is 3.17. The van der Waals surface area contributed by atoms with Crippen molar-refractivity contribution in [3.05, 3.63) is 35.4 Å². The van der Waals surface area contributed by atoms with Gasteiger partial charge in [0.25, 0.3) is 0 Å². The van der Waals surface area contributed by atoms with Crippen LogP contribution in [0.4, 0.5) is 13.2 Å². The fourth-order valence-corrected chi connectivity index (χ4v) is 2.18. The normalized spacial score (nSPS) is 18.8. The molecule has 0 aromatic heterocycles.